The highest BCUT2D eigenvalue weighted by Gasteiger charge is 2.12. The van der Waals surface area contributed by atoms with Crippen molar-refractivity contribution in [2.75, 3.05) is 13.7 Å². The first-order valence-corrected chi connectivity index (χ1v) is 5.37. The van der Waals surface area contributed by atoms with Crippen molar-refractivity contribution in [3.8, 4) is 11.5 Å². The molecule has 0 radical (unpaired) electrons. The molecule has 5 heteroatoms. The average Bonchev–Trinajstić information content (AvgIpc) is 2.35. The summed E-state index contributed by atoms with van der Waals surface area (Å²) in [6.45, 7) is 1.97. The van der Waals surface area contributed by atoms with Crippen LogP contribution >= 0.6 is 0 Å². The Kier molecular flexibility index (Phi) is 4.78. The van der Waals surface area contributed by atoms with Crippen LogP contribution in [0.1, 0.15) is 23.7 Å². The number of methoxy groups -OCH3 is 1. The normalized spacial score (nSPS) is 11.9. The Hall–Kier alpha value is -1.75. The summed E-state index contributed by atoms with van der Waals surface area (Å²) in [5, 5.41) is 9.38. The fourth-order valence-corrected chi connectivity index (χ4v) is 1.26. The predicted octanol–water partition coefficient (Wildman–Crippen LogP) is 0.944. The summed E-state index contributed by atoms with van der Waals surface area (Å²) in [7, 11) is 1.50. The number of aliphatic hydroxyl groups is 1. The van der Waals surface area contributed by atoms with Crippen molar-refractivity contribution in [2.24, 2.45) is 5.73 Å². The largest absolute Gasteiger partial charge is 0.497 e. The van der Waals surface area contributed by atoms with E-state index in [1.165, 1.54) is 13.2 Å². The van der Waals surface area contributed by atoms with Crippen LogP contribution in [0.15, 0.2) is 18.2 Å². The number of amides is 1. The molecule has 1 amide bonds. The smallest absolute Gasteiger partial charge is 0.252 e. The maximum atomic E-state index is 11.2. The standard InChI is InChI=1S/C12H17NO4/c1-3-8(14)7-17-11-5-4-9(16-2)6-10(11)12(13)15/h4-6,8,14H,3,7H2,1-2H3,(H2,13,15). The Balaban J connectivity index is 2.87. The van der Waals surface area contributed by atoms with Crippen LogP contribution in [0.2, 0.25) is 0 Å². The minimum atomic E-state index is -0.593. The zero-order valence-electron chi connectivity index (χ0n) is 9.97. The van der Waals surface area contributed by atoms with Crippen molar-refractivity contribution in [3.63, 3.8) is 0 Å². The first kappa shape index (κ1) is 13.3. The Morgan fingerprint density at radius 1 is 1.53 bits per heavy atom. The lowest BCUT2D eigenvalue weighted by molar-refractivity contribution is 0.0957. The molecule has 0 aromatic heterocycles. The summed E-state index contributed by atoms with van der Waals surface area (Å²) in [5.41, 5.74) is 5.48. The maximum Gasteiger partial charge on any atom is 0.252 e. The first-order chi connectivity index (χ1) is 8.08. The molecule has 1 unspecified atom stereocenters. The molecule has 0 heterocycles. The Bertz CT molecular complexity index is 392. The fraction of sp³-hybridized carbons (Fsp3) is 0.417. The molecular formula is C12H17NO4. The lowest BCUT2D eigenvalue weighted by atomic mass is 10.2. The molecule has 0 aliphatic rings. The van der Waals surface area contributed by atoms with Gasteiger partial charge in [0.25, 0.3) is 5.91 Å². The number of hydrogen-bond donors (Lipinski definition) is 2. The van der Waals surface area contributed by atoms with Crippen LogP contribution < -0.4 is 15.2 Å². The number of primary amides is 1. The third kappa shape index (κ3) is 3.64. The number of aliphatic hydroxyl groups excluding tert-OH is 1. The molecule has 17 heavy (non-hydrogen) atoms. The summed E-state index contributed by atoms with van der Waals surface area (Å²) in [6.07, 6.45) is 0.0278. The zero-order chi connectivity index (χ0) is 12.8. The van der Waals surface area contributed by atoms with Crippen molar-refractivity contribution >= 4 is 5.91 Å². The number of carbonyl (C=O) groups is 1. The van der Waals surface area contributed by atoms with Crippen LogP contribution in [0, 0.1) is 0 Å². The van der Waals surface area contributed by atoms with E-state index >= 15 is 0 Å². The van der Waals surface area contributed by atoms with Crippen molar-refractivity contribution in [1.29, 1.82) is 0 Å². The Morgan fingerprint density at radius 2 is 2.24 bits per heavy atom. The predicted molar refractivity (Wildman–Crippen MR) is 63.3 cm³/mol. The van der Waals surface area contributed by atoms with Gasteiger partial charge < -0.3 is 20.3 Å². The van der Waals surface area contributed by atoms with Gasteiger partial charge in [-0.15, -0.1) is 0 Å². The molecule has 0 aliphatic carbocycles. The number of hydrogen-bond acceptors (Lipinski definition) is 4. The SMILES string of the molecule is CCC(O)COc1ccc(OC)cc1C(N)=O. The molecular weight excluding hydrogens is 222 g/mol. The second kappa shape index (κ2) is 6.10. The maximum absolute atomic E-state index is 11.2. The van der Waals surface area contributed by atoms with E-state index in [9.17, 15) is 9.90 Å². The number of ether oxygens (including phenoxy) is 2. The van der Waals surface area contributed by atoms with Crippen LogP contribution in [0.25, 0.3) is 0 Å². The zero-order valence-corrected chi connectivity index (χ0v) is 9.97. The molecule has 94 valence electrons. The second-order valence-corrected chi connectivity index (χ2v) is 3.60. The third-order valence-electron chi connectivity index (χ3n) is 2.35. The molecule has 1 aromatic carbocycles. The molecule has 0 bridgehead atoms. The summed E-state index contributed by atoms with van der Waals surface area (Å²) in [6, 6.07) is 4.78. The lowest BCUT2D eigenvalue weighted by Gasteiger charge is -2.13. The van der Waals surface area contributed by atoms with Gasteiger partial charge >= 0.3 is 0 Å². The van der Waals surface area contributed by atoms with E-state index in [4.69, 9.17) is 15.2 Å². The molecule has 0 spiro atoms. The van der Waals surface area contributed by atoms with Gasteiger partial charge in [-0.1, -0.05) is 6.92 Å². The summed E-state index contributed by atoms with van der Waals surface area (Å²) in [5.74, 6) is 0.290. The second-order valence-electron chi connectivity index (χ2n) is 3.60. The van der Waals surface area contributed by atoms with Crippen molar-refractivity contribution in [2.45, 2.75) is 19.4 Å². The molecule has 0 saturated carbocycles. The summed E-state index contributed by atoms with van der Waals surface area (Å²) in [4.78, 5) is 11.2. The van der Waals surface area contributed by atoms with Crippen LogP contribution in [-0.4, -0.2) is 30.8 Å². The fourth-order valence-electron chi connectivity index (χ4n) is 1.26. The number of carbonyl (C=O) groups excluding carboxylic acids is 1. The van der Waals surface area contributed by atoms with E-state index < -0.39 is 12.0 Å². The number of nitrogens with two attached hydrogens (primary N) is 1. The van der Waals surface area contributed by atoms with Crippen LogP contribution in [-0.2, 0) is 0 Å². The van der Waals surface area contributed by atoms with E-state index in [1.807, 2.05) is 6.92 Å². The monoisotopic (exact) mass is 239 g/mol. The van der Waals surface area contributed by atoms with E-state index in [2.05, 4.69) is 0 Å². The van der Waals surface area contributed by atoms with E-state index in [0.29, 0.717) is 17.9 Å². The Morgan fingerprint density at radius 3 is 2.76 bits per heavy atom. The molecule has 0 saturated heterocycles. The van der Waals surface area contributed by atoms with E-state index in [0.717, 1.165) is 0 Å². The first-order valence-electron chi connectivity index (χ1n) is 5.37. The van der Waals surface area contributed by atoms with Gasteiger partial charge in [0.1, 0.15) is 18.1 Å². The lowest BCUT2D eigenvalue weighted by Crippen LogP contribution is -2.19. The molecule has 3 N–H and O–H groups in total. The van der Waals surface area contributed by atoms with Gasteiger partial charge in [0.05, 0.1) is 18.8 Å². The topological polar surface area (TPSA) is 81.8 Å². The molecule has 0 aliphatic heterocycles. The van der Waals surface area contributed by atoms with Crippen molar-refractivity contribution in [1.82, 2.24) is 0 Å². The van der Waals surface area contributed by atoms with Gasteiger partial charge in [0.2, 0.25) is 0 Å². The molecule has 5 nitrogen and oxygen atoms in total. The van der Waals surface area contributed by atoms with Gasteiger partial charge in [-0.3, -0.25) is 4.79 Å². The van der Waals surface area contributed by atoms with E-state index in [-0.39, 0.29) is 12.2 Å². The molecule has 1 aromatic rings. The average molecular weight is 239 g/mol. The Labute approximate surface area is 100 Å². The minimum absolute atomic E-state index is 0.128. The summed E-state index contributed by atoms with van der Waals surface area (Å²) >= 11 is 0. The third-order valence-corrected chi connectivity index (χ3v) is 2.35. The van der Waals surface area contributed by atoms with Gasteiger partial charge in [0, 0.05) is 0 Å². The van der Waals surface area contributed by atoms with E-state index in [1.54, 1.807) is 12.1 Å². The molecule has 1 rings (SSSR count). The molecule has 1 atom stereocenters. The summed E-state index contributed by atoms with van der Waals surface area (Å²) < 4.78 is 10.3. The van der Waals surface area contributed by atoms with Crippen LogP contribution in [0.4, 0.5) is 0 Å². The van der Waals surface area contributed by atoms with Gasteiger partial charge in [-0.2, -0.15) is 0 Å². The molecule has 0 fully saturated rings. The van der Waals surface area contributed by atoms with Crippen molar-refractivity contribution in [3.05, 3.63) is 23.8 Å². The van der Waals surface area contributed by atoms with Crippen molar-refractivity contribution < 1.29 is 19.4 Å². The quantitative estimate of drug-likeness (QED) is 0.774. The van der Waals surface area contributed by atoms with Gasteiger partial charge in [0.15, 0.2) is 0 Å². The van der Waals surface area contributed by atoms with Crippen LogP contribution in [0.3, 0.4) is 0 Å². The van der Waals surface area contributed by atoms with Gasteiger partial charge in [-0.05, 0) is 24.6 Å². The minimum Gasteiger partial charge on any atom is -0.497 e. The number of rotatable bonds is 6. The highest BCUT2D eigenvalue weighted by Crippen LogP contribution is 2.24. The highest BCUT2D eigenvalue weighted by molar-refractivity contribution is 5.96. The number of benzene rings is 1. The van der Waals surface area contributed by atoms with Crippen LogP contribution in [0.5, 0.6) is 11.5 Å². The van der Waals surface area contributed by atoms with Gasteiger partial charge in [-0.25, -0.2) is 0 Å². The highest BCUT2D eigenvalue weighted by atomic mass is 16.5.